The first-order valence-electron chi connectivity index (χ1n) is 12.9. The molecule has 0 spiro atoms. The third-order valence-corrected chi connectivity index (χ3v) is 10.6. The Morgan fingerprint density at radius 1 is 1.15 bits per heavy atom. The Bertz CT molecular complexity index is 774. The van der Waals surface area contributed by atoms with E-state index in [1.165, 1.54) is 0 Å². The van der Waals surface area contributed by atoms with E-state index in [0.29, 0.717) is 18.9 Å². The Balaban J connectivity index is 1.59. The average molecular weight is 466 g/mol. The summed E-state index contributed by atoms with van der Waals surface area (Å²) in [5.41, 5.74) is -0.499. The number of aliphatic hydroxyl groups is 3. The summed E-state index contributed by atoms with van der Waals surface area (Å²) < 4.78 is 5.82. The van der Waals surface area contributed by atoms with Gasteiger partial charge in [-0.2, -0.15) is 0 Å². The fourth-order valence-electron chi connectivity index (χ4n) is 8.23. The predicted octanol–water partition coefficient (Wildman–Crippen LogP) is 2.36. The number of nitrogens with zero attached hydrogens (tertiary/aromatic N) is 1. The zero-order valence-corrected chi connectivity index (χ0v) is 20.9. The second-order valence-corrected chi connectivity index (χ2v) is 12.1. The van der Waals surface area contributed by atoms with E-state index >= 15 is 0 Å². The molecular formula is C26H43NO6. The highest BCUT2D eigenvalue weighted by Gasteiger charge is 2.63. The molecule has 0 bridgehead atoms. The van der Waals surface area contributed by atoms with Gasteiger partial charge in [-0.05, 0) is 73.0 Å². The van der Waals surface area contributed by atoms with Crippen molar-refractivity contribution >= 4 is 11.9 Å². The Morgan fingerprint density at radius 2 is 1.82 bits per heavy atom. The van der Waals surface area contributed by atoms with Crippen molar-refractivity contribution < 1.29 is 29.6 Å². The summed E-state index contributed by atoms with van der Waals surface area (Å²) in [5, 5.41) is 31.3. The maximum absolute atomic E-state index is 13.1. The van der Waals surface area contributed by atoms with E-state index in [-0.39, 0.29) is 53.4 Å². The minimum atomic E-state index is -0.979. The van der Waals surface area contributed by atoms with Crippen molar-refractivity contribution in [3.8, 4) is 0 Å². The van der Waals surface area contributed by atoms with Crippen LogP contribution in [0.1, 0.15) is 72.6 Å². The number of hydrogen-bond acceptors (Lipinski definition) is 6. The van der Waals surface area contributed by atoms with Crippen LogP contribution >= 0.6 is 0 Å². The van der Waals surface area contributed by atoms with E-state index in [1.54, 1.807) is 4.90 Å². The predicted molar refractivity (Wildman–Crippen MR) is 123 cm³/mol. The van der Waals surface area contributed by atoms with Gasteiger partial charge in [0.05, 0.1) is 24.7 Å². The molecule has 0 aromatic carbocycles. The highest BCUT2D eigenvalue weighted by molar-refractivity contribution is 5.81. The molecule has 188 valence electrons. The molecular weight excluding hydrogens is 422 g/mol. The van der Waals surface area contributed by atoms with Crippen molar-refractivity contribution in [2.45, 2.75) is 97.0 Å². The molecule has 4 rings (SSSR count). The second kappa shape index (κ2) is 8.80. The number of aliphatic hydroxyl groups excluding tert-OH is 3. The lowest BCUT2D eigenvalue weighted by Crippen LogP contribution is -2.57. The smallest absolute Gasteiger partial charge is 0.309 e. The van der Waals surface area contributed by atoms with Crippen molar-refractivity contribution in [2.75, 3.05) is 13.7 Å². The first kappa shape index (κ1) is 24.9. The number of rotatable bonds is 4. The summed E-state index contributed by atoms with van der Waals surface area (Å²) in [6, 6.07) is 0.0518. The van der Waals surface area contributed by atoms with Gasteiger partial charge in [-0.1, -0.05) is 34.1 Å². The molecule has 1 saturated heterocycles. The molecule has 7 nitrogen and oxygen atoms in total. The number of fused-ring (bicyclic) bond motifs is 5. The number of carbonyl (C=O) groups is 2. The largest absolute Gasteiger partial charge is 0.465 e. The number of likely N-dealkylation sites (N-methyl/N-ethyl adjacent to an activating group) is 1. The third-order valence-electron chi connectivity index (χ3n) is 10.6. The summed E-state index contributed by atoms with van der Waals surface area (Å²) in [7, 11) is 1.83. The molecule has 3 N–H and O–H groups in total. The fraction of sp³-hybridized carbons (Fsp3) is 0.923. The minimum Gasteiger partial charge on any atom is -0.465 e. The second-order valence-electron chi connectivity index (χ2n) is 12.1. The van der Waals surface area contributed by atoms with Crippen LogP contribution in [0.25, 0.3) is 0 Å². The van der Waals surface area contributed by atoms with E-state index in [0.717, 1.165) is 32.1 Å². The van der Waals surface area contributed by atoms with Crippen LogP contribution in [-0.4, -0.2) is 70.1 Å². The van der Waals surface area contributed by atoms with Crippen LogP contribution < -0.4 is 0 Å². The molecule has 1 aliphatic heterocycles. The number of esters is 1. The van der Waals surface area contributed by atoms with Crippen molar-refractivity contribution in [3.63, 3.8) is 0 Å². The Kier molecular flexibility index (Phi) is 6.64. The van der Waals surface area contributed by atoms with E-state index < -0.39 is 23.7 Å². The molecule has 3 aliphatic carbocycles. The molecule has 3 saturated carbocycles. The Morgan fingerprint density at radius 3 is 2.48 bits per heavy atom. The molecule has 11 atom stereocenters. The van der Waals surface area contributed by atoms with Crippen molar-refractivity contribution in [1.82, 2.24) is 4.90 Å². The van der Waals surface area contributed by atoms with Gasteiger partial charge in [0.1, 0.15) is 6.10 Å². The van der Waals surface area contributed by atoms with E-state index in [2.05, 4.69) is 13.8 Å². The molecule has 4 aliphatic rings. The van der Waals surface area contributed by atoms with Crippen LogP contribution in [0.15, 0.2) is 0 Å². The number of cyclic esters (lactones) is 1. The summed E-state index contributed by atoms with van der Waals surface area (Å²) >= 11 is 0. The molecule has 0 aromatic heterocycles. The number of hydrogen-bond donors (Lipinski definition) is 3. The number of amides is 1. The van der Waals surface area contributed by atoms with Gasteiger partial charge in [0.15, 0.2) is 0 Å². The van der Waals surface area contributed by atoms with E-state index in [1.807, 2.05) is 20.9 Å². The third kappa shape index (κ3) is 3.82. The Labute approximate surface area is 197 Å². The molecule has 0 aromatic rings. The maximum Gasteiger partial charge on any atom is 0.309 e. The molecule has 0 unspecified atom stereocenters. The summed E-state index contributed by atoms with van der Waals surface area (Å²) in [6.45, 7) is 8.66. The Hall–Kier alpha value is -1.18. The normalized spacial score (nSPS) is 46.8. The topological polar surface area (TPSA) is 107 Å². The van der Waals surface area contributed by atoms with Gasteiger partial charge in [-0.15, -0.1) is 0 Å². The molecule has 1 amide bonds. The lowest BCUT2D eigenvalue weighted by molar-refractivity contribution is -0.162. The van der Waals surface area contributed by atoms with Crippen LogP contribution in [0, 0.1) is 40.4 Å². The van der Waals surface area contributed by atoms with Crippen LogP contribution in [0.4, 0.5) is 0 Å². The van der Waals surface area contributed by atoms with Crippen LogP contribution in [0.3, 0.4) is 0 Å². The number of ether oxygens (including phenoxy) is 1. The zero-order valence-electron chi connectivity index (χ0n) is 20.9. The highest BCUT2D eigenvalue weighted by Crippen LogP contribution is 2.64. The zero-order chi connectivity index (χ0) is 24.3. The summed E-state index contributed by atoms with van der Waals surface area (Å²) in [4.78, 5) is 27.8. The van der Waals surface area contributed by atoms with E-state index in [9.17, 15) is 24.9 Å². The van der Waals surface area contributed by atoms with Crippen LogP contribution in [0.2, 0.25) is 0 Å². The standard InChI is InChI=1S/C26H43NO6/c1-6-14(2)22(30)23(31)27(5)21-8-7-16-15-13-33-24(32)18-11-19(28)20(29)12-26(18,4)17(15)9-10-25(16,21)3/h14-22,28-30H,6-13H2,1-5H3/t14-,15-,16-,17-,18+,19-,20+,21-,22+,25-,26+/m0/s1. The van der Waals surface area contributed by atoms with Crippen LogP contribution in [-0.2, 0) is 14.3 Å². The highest BCUT2D eigenvalue weighted by atomic mass is 16.5. The minimum absolute atomic E-state index is 0.0518. The fourth-order valence-corrected chi connectivity index (χ4v) is 8.23. The molecule has 4 fully saturated rings. The van der Waals surface area contributed by atoms with Crippen molar-refractivity contribution in [1.29, 1.82) is 0 Å². The van der Waals surface area contributed by atoms with Gasteiger partial charge in [-0.25, -0.2) is 0 Å². The van der Waals surface area contributed by atoms with Crippen molar-refractivity contribution in [2.24, 2.45) is 40.4 Å². The lowest BCUT2D eigenvalue weighted by atomic mass is 9.49. The van der Waals surface area contributed by atoms with Gasteiger partial charge < -0.3 is 25.0 Å². The summed E-state index contributed by atoms with van der Waals surface area (Å²) in [6.07, 6.45) is 2.45. The van der Waals surface area contributed by atoms with Gasteiger partial charge in [0.2, 0.25) is 0 Å². The molecule has 33 heavy (non-hydrogen) atoms. The monoisotopic (exact) mass is 465 g/mol. The average Bonchev–Trinajstić information content (AvgIpc) is 3.09. The van der Waals surface area contributed by atoms with Gasteiger partial charge in [0, 0.05) is 13.1 Å². The molecule has 7 heteroatoms. The van der Waals surface area contributed by atoms with Crippen LogP contribution in [0.5, 0.6) is 0 Å². The SMILES string of the molecule is CC[C@H](C)[C@@H](O)C(=O)N(C)[C@H]1CC[C@H]2[C@@H]3COC(=O)[C@H]4C[C@H](O)[C@H](O)C[C@]4(C)[C@H]3CC[C@]12C. The van der Waals surface area contributed by atoms with Crippen molar-refractivity contribution in [3.05, 3.63) is 0 Å². The quantitative estimate of drug-likeness (QED) is 0.550. The molecule has 0 radical (unpaired) electrons. The summed E-state index contributed by atoms with van der Waals surface area (Å²) in [5.74, 6) is -0.170. The van der Waals surface area contributed by atoms with Gasteiger partial charge in [0.25, 0.3) is 5.91 Å². The lowest BCUT2D eigenvalue weighted by Gasteiger charge is -2.56. The maximum atomic E-state index is 13.1. The first-order valence-corrected chi connectivity index (χ1v) is 12.9. The molecule has 1 heterocycles. The number of carbonyl (C=O) groups excluding carboxylic acids is 2. The van der Waals surface area contributed by atoms with Gasteiger partial charge in [-0.3, -0.25) is 9.59 Å². The first-order chi connectivity index (χ1) is 15.5. The van der Waals surface area contributed by atoms with Gasteiger partial charge >= 0.3 is 5.97 Å². The van der Waals surface area contributed by atoms with E-state index in [4.69, 9.17) is 4.74 Å².